The maximum Gasteiger partial charge on any atom is 0.223 e. The van der Waals surface area contributed by atoms with Crippen molar-refractivity contribution in [3.05, 3.63) is 29.6 Å². The Labute approximate surface area is 162 Å². The summed E-state index contributed by atoms with van der Waals surface area (Å²) in [5.74, 6) is 0.0449. The van der Waals surface area contributed by atoms with Crippen molar-refractivity contribution in [2.75, 3.05) is 12.3 Å². The highest BCUT2D eigenvalue weighted by Crippen LogP contribution is 2.38. The molecule has 0 amide bonds. The summed E-state index contributed by atoms with van der Waals surface area (Å²) < 4.78 is 20.7. The lowest BCUT2D eigenvalue weighted by atomic mass is 9.86. The molecule has 0 unspecified atom stereocenters. The lowest BCUT2D eigenvalue weighted by molar-refractivity contribution is 0.219. The summed E-state index contributed by atoms with van der Waals surface area (Å²) in [6, 6.07) is 1.73. The molecule has 8 heteroatoms. The molecule has 0 aromatic carbocycles. The quantitative estimate of drug-likeness (QED) is 0.605. The number of halogens is 1. The molecule has 2 aromatic heterocycles. The van der Waals surface area contributed by atoms with Gasteiger partial charge in [-0.15, -0.1) is 0 Å². The minimum Gasteiger partial charge on any atom is -0.416 e. The van der Waals surface area contributed by atoms with E-state index in [0.717, 1.165) is 5.56 Å². The Hall–Kier alpha value is -1.93. The summed E-state index contributed by atoms with van der Waals surface area (Å²) in [5.41, 5.74) is 6.41. The van der Waals surface area contributed by atoms with Crippen molar-refractivity contribution in [2.45, 2.75) is 65.1 Å². The number of aryl methyl sites for hydroxylation is 1. The van der Waals surface area contributed by atoms with Crippen LogP contribution in [0.5, 0.6) is 0 Å². The molecule has 2 rings (SSSR count). The van der Waals surface area contributed by atoms with Crippen LogP contribution in [-0.2, 0) is 9.84 Å². The van der Waals surface area contributed by atoms with Crippen LogP contribution in [-0.4, -0.2) is 34.9 Å². The third-order valence-corrected chi connectivity index (χ3v) is 9.70. The summed E-state index contributed by atoms with van der Waals surface area (Å²) >= 11 is 0. The van der Waals surface area contributed by atoms with Crippen LogP contribution in [0.25, 0.3) is 11.4 Å². The summed E-state index contributed by atoms with van der Waals surface area (Å²) in [7, 11) is -1.89. The first-order chi connectivity index (χ1) is 12.2. The van der Waals surface area contributed by atoms with Crippen LogP contribution in [0, 0.1) is 12.9 Å². The van der Waals surface area contributed by atoms with E-state index in [1.54, 1.807) is 19.2 Å². The summed E-state index contributed by atoms with van der Waals surface area (Å²) in [6.07, 6.45) is 1.55. The molecule has 0 aliphatic carbocycles. The highest BCUT2D eigenvalue weighted by molar-refractivity contribution is 6.74. The van der Waals surface area contributed by atoms with Crippen LogP contribution in [0.4, 0.5) is 10.3 Å². The Morgan fingerprint density at radius 2 is 1.74 bits per heavy atom. The van der Waals surface area contributed by atoms with Crippen molar-refractivity contribution >= 4 is 14.3 Å². The van der Waals surface area contributed by atoms with Gasteiger partial charge in [0.15, 0.2) is 14.1 Å². The molecule has 0 atom stereocenters. The lowest BCUT2D eigenvalue weighted by Crippen LogP contribution is -2.44. The minimum absolute atomic E-state index is 0.0582. The Morgan fingerprint density at radius 1 is 1.11 bits per heavy atom. The normalized spacial score (nSPS) is 13.1. The second-order valence-corrected chi connectivity index (χ2v) is 13.9. The fourth-order valence-corrected chi connectivity index (χ4v) is 3.41. The fraction of sp³-hybridized carbons (Fsp3) is 0.579. The Balaban J connectivity index is 2.36. The maximum atomic E-state index is 14.4. The Bertz CT molecular complexity index is 813. The molecule has 148 valence electrons. The fourth-order valence-electron chi connectivity index (χ4n) is 2.26. The molecular formula is C19H30FN5OSi. The van der Waals surface area contributed by atoms with Gasteiger partial charge in [0, 0.05) is 18.2 Å². The minimum atomic E-state index is -1.89. The third-order valence-electron chi connectivity index (χ3n) is 5.23. The molecule has 2 aromatic rings. The van der Waals surface area contributed by atoms with E-state index in [0.29, 0.717) is 12.4 Å². The first-order valence-electron chi connectivity index (χ1n) is 9.01. The zero-order valence-electron chi connectivity index (χ0n) is 17.5. The molecule has 0 saturated carbocycles. The Kier molecular flexibility index (Phi) is 5.73. The SMILES string of the molecule is Cc1nc(N)nc(-c2cc(C(C)(C)CO[Si](C)(C)C(C)(C)C)cnc2F)n1. The first kappa shape index (κ1) is 21.4. The van der Waals surface area contributed by atoms with Crippen LogP contribution in [0.15, 0.2) is 12.3 Å². The van der Waals surface area contributed by atoms with Gasteiger partial charge in [-0.1, -0.05) is 34.6 Å². The molecule has 0 aliphatic rings. The number of rotatable bonds is 5. The smallest absolute Gasteiger partial charge is 0.223 e. The zero-order chi connectivity index (χ0) is 20.6. The van der Waals surface area contributed by atoms with Crippen molar-refractivity contribution in [1.29, 1.82) is 0 Å². The van der Waals surface area contributed by atoms with Crippen LogP contribution >= 0.6 is 0 Å². The van der Waals surface area contributed by atoms with Gasteiger partial charge >= 0.3 is 0 Å². The molecule has 0 radical (unpaired) electrons. The second kappa shape index (κ2) is 7.24. The van der Waals surface area contributed by atoms with E-state index in [1.165, 1.54) is 0 Å². The predicted octanol–water partition coefficient (Wildman–Crippen LogP) is 4.26. The van der Waals surface area contributed by atoms with Crippen molar-refractivity contribution in [3.63, 3.8) is 0 Å². The van der Waals surface area contributed by atoms with Crippen molar-refractivity contribution in [2.24, 2.45) is 0 Å². The van der Waals surface area contributed by atoms with Gasteiger partial charge in [0.1, 0.15) is 5.82 Å². The van der Waals surface area contributed by atoms with Gasteiger partial charge < -0.3 is 10.2 Å². The molecule has 0 bridgehead atoms. The number of anilines is 1. The summed E-state index contributed by atoms with van der Waals surface area (Å²) in [5, 5.41) is 0.120. The van der Waals surface area contributed by atoms with Gasteiger partial charge in [-0.05, 0) is 36.7 Å². The van der Waals surface area contributed by atoms with E-state index < -0.39 is 14.3 Å². The molecule has 0 saturated heterocycles. The monoisotopic (exact) mass is 391 g/mol. The molecule has 0 aliphatic heterocycles. The van der Waals surface area contributed by atoms with E-state index in [4.69, 9.17) is 10.2 Å². The van der Waals surface area contributed by atoms with E-state index in [2.05, 4.69) is 67.6 Å². The molecule has 2 heterocycles. The van der Waals surface area contributed by atoms with Crippen molar-refractivity contribution in [1.82, 2.24) is 19.9 Å². The van der Waals surface area contributed by atoms with Gasteiger partial charge in [-0.3, -0.25) is 0 Å². The number of hydrogen-bond acceptors (Lipinski definition) is 6. The predicted molar refractivity (Wildman–Crippen MR) is 108 cm³/mol. The topological polar surface area (TPSA) is 86.8 Å². The third kappa shape index (κ3) is 4.87. The number of nitrogen functional groups attached to an aromatic ring is 1. The van der Waals surface area contributed by atoms with E-state index in [-0.39, 0.29) is 27.8 Å². The number of pyridine rings is 1. The summed E-state index contributed by atoms with van der Waals surface area (Å²) in [6.45, 7) is 17.4. The van der Waals surface area contributed by atoms with E-state index in [9.17, 15) is 4.39 Å². The number of aromatic nitrogens is 4. The number of nitrogens with zero attached hydrogens (tertiary/aromatic N) is 4. The maximum absolute atomic E-state index is 14.4. The first-order valence-corrected chi connectivity index (χ1v) is 11.9. The largest absolute Gasteiger partial charge is 0.416 e. The molecule has 27 heavy (non-hydrogen) atoms. The van der Waals surface area contributed by atoms with Crippen molar-refractivity contribution in [3.8, 4) is 11.4 Å². The number of hydrogen-bond donors (Lipinski definition) is 1. The number of nitrogens with two attached hydrogens (primary N) is 1. The molecular weight excluding hydrogens is 361 g/mol. The highest BCUT2D eigenvalue weighted by Gasteiger charge is 2.39. The zero-order valence-corrected chi connectivity index (χ0v) is 18.5. The molecule has 0 spiro atoms. The van der Waals surface area contributed by atoms with Crippen LogP contribution in [0.3, 0.4) is 0 Å². The van der Waals surface area contributed by atoms with Gasteiger partial charge in [0.05, 0.1) is 5.56 Å². The van der Waals surface area contributed by atoms with E-state index in [1.807, 2.05) is 0 Å². The van der Waals surface area contributed by atoms with Gasteiger partial charge in [0.25, 0.3) is 0 Å². The molecule has 6 nitrogen and oxygen atoms in total. The summed E-state index contributed by atoms with van der Waals surface area (Å²) in [4.78, 5) is 16.1. The highest BCUT2D eigenvalue weighted by atomic mass is 28.4. The van der Waals surface area contributed by atoms with Crippen LogP contribution in [0.2, 0.25) is 18.1 Å². The Morgan fingerprint density at radius 3 is 2.30 bits per heavy atom. The van der Waals surface area contributed by atoms with Crippen molar-refractivity contribution < 1.29 is 8.82 Å². The van der Waals surface area contributed by atoms with Crippen LogP contribution < -0.4 is 5.73 Å². The van der Waals surface area contributed by atoms with E-state index >= 15 is 0 Å². The average Bonchev–Trinajstić information content (AvgIpc) is 2.51. The average molecular weight is 392 g/mol. The van der Waals surface area contributed by atoms with Gasteiger partial charge in [-0.2, -0.15) is 14.4 Å². The van der Waals surface area contributed by atoms with Gasteiger partial charge in [-0.25, -0.2) is 9.97 Å². The molecule has 0 fully saturated rings. The standard InChI is InChI=1S/C19H30FN5OSi/c1-12-23-16(25-17(21)24-12)14-9-13(10-22-15(14)20)19(5,6)11-26-27(7,8)18(2,3)4/h9-10H,11H2,1-8H3,(H2,21,23,24,25). The molecule has 2 N–H and O–H groups in total. The lowest BCUT2D eigenvalue weighted by Gasteiger charge is -2.39. The van der Waals surface area contributed by atoms with Gasteiger partial charge in [0.2, 0.25) is 11.9 Å². The van der Waals surface area contributed by atoms with Crippen LogP contribution in [0.1, 0.15) is 46.0 Å². The second-order valence-electron chi connectivity index (χ2n) is 9.06.